The van der Waals surface area contributed by atoms with Crippen molar-refractivity contribution in [2.45, 2.75) is 24.5 Å². The molecule has 0 aromatic carbocycles. The van der Waals surface area contributed by atoms with Gasteiger partial charge >= 0.3 is 5.69 Å². The van der Waals surface area contributed by atoms with Gasteiger partial charge in [-0.05, 0) is 0 Å². The van der Waals surface area contributed by atoms with Crippen molar-refractivity contribution in [1.82, 2.24) is 9.55 Å². The van der Waals surface area contributed by atoms with E-state index >= 15 is 0 Å². The van der Waals surface area contributed by atoms with Crippen LogP contribution in [-0.4, -0.2) is 44.7 Å². The van der Waals surface area contributed by atoms with Crippen LogP contribution in [0.15, 0.2) is 21.9 Å². The molecule has 1 aliphatic heterocycles. The Morgan fingerprint density at radius 3 is 2.83 bits per heavy atom. The number of nitrogens with two attached hydrogens (primary N) is 1. The first-order chi connectivity index (χ1) is 8.58. The molecule has 2 heterocycles. The van der Waals surface area contributed by atoms with Gasteiger partial charge in [-0.2, -0.15) is 0 Å². The Hall–Kier alpha value is -1.52. The number of aromatic nitrogens is 2. The van der Waals surface area contributed by atoms with Gasteiger partial charge in [0.2, 0.25) is 0 Å². The molecule has 0 saturated carbocycles. The molecule has 1 aliphatic rings. The molecule has 0 amide bonds. The summed E-state index contributed by atoms with van der Waals surface area (Å²) in [6.45, 7) is -0.449. The number of nitrogens with one attached hydrogen (secondary N) is 1. The van der Waals surface area contributed by atoms with Gasteiger partial charge in [-0.25, -0.2) is 10.7 Å². The first kappa shape index (κ1) is 12.9. The fraction of sp³-hybridized carbons (Fsp3) is 0.556. The summed E-state index contributed by atoms with van der Waals surface area (Å²) in [6, 6.07) is 1.12. The van der Waals surface area contributed by atoms with E-state index in [-0.39, 0.29) is 0 Å². The molecule has 0 aliphatic carbocycles. The van der Waals surface area contributed by atoms with Crippen molar-refractivity contribution in [1.29, 1.82) is 0 Å². The number of aliphatic hydroxyl groups excluding tert-OH is 2. The molecular weight excluding hydrogens is 246 g/mol. The van der Waals surface area contributed by atoms with Crippen LogP contribution in [0.2, 0.25) is 0 Å². The fourth-order valence-corrected chi connectivity index (χ4v) is 1.87. The van der Waals surface area contributed by atoms with E-state index in [1.807, 2.05) is 4.98 Å². The van der Waals surface area contributed by atoms with Crippen LogP contribution in [0.5, 0.6) is 0 Å². The van der Waals surface area contributed by atoms with E-state index in [1.54, 1.807) is 0 Å². The maximum atomic E-state index is 11.6. The van der Waals surface area contributed by atoms with Crippen molar-refractivity contribution < 1.29 is 19.8 Å². The average Bonchev–Trinajstić information content (AvgIpc) is 2.65. The fourth-order valence-electron chi connectivity index (χ4n) is 1.87. The Kier molecular flexibility index (Phi) is 3.59. The van der Waals surface area contributed by atoms with E-state index in [1.165, 1.54) is 6.20 Å². The average molecular weight is 259 g/mol. The molecule has 4 unspecified atom stereocenters. The Labute approximate surface area is 100 Å². The zero-order valence-electron chi connectivity index (χ0n) is 9.22. The highest BCUT2D eigenvalue weighted by atomic mass is 16.7. The second-order valence-corrected chi connectivity index (χ2v) is 3.86. The van der Waals surface area contributed by atoms with Crippen LogP contribution >= 0.6 is 0 Å². The summed E-state index contributed by atoms with van der Waals surface area (Å²) in [6.07, 6.45) is -2.94. The molecule has 1 aromatic heterocycles. The van der Waals surface area contributed by atoms with Gasteiger partial charge in [-0.1, -0.05) is 0 Å². The predicted octanol–water partition coefficient (Wildman–Crippen LogP) is -2.95. The van der Waals surface area contributed by atoms with Crippen molar-refractivity contribution >= 4 is 0 Å². The van der Waals surface area contributed by atoms with E-state index in [4.69, 9.17) is 15.7 Å². The van der Waals surface area contributed by atoms with Gasteiger partial charge in [0.1, 0.15) is 12.2 Å². The number of aromatic amines is 1. The van der Waals surface area contributed by atoms with Gasteiger partial charge in [0.25, 0.3) is 5.56 Å². The summed E-state index contributed by atoms with van der Waals surface area (Å²) in [7, 11) is 0. The minimum atomic E-state index is -1.18. The topological polar surface area (TPSA) is 140 Å². The van der Waals surface area contributed by atoms with Crippen molar-refractivity contribution in [3.05, 3.63) is 33.1 Å². The minimum Gasteiger partial charge on any atom is -0.394 e. The molecule has 0 radical (unpaired) electrons. The molecule has 1 fully saturated rings. The minimum absolute atomic E-state index is 0.449. The van der Waals surface area contributed by atoms with Gasteiger partial charge in [0.05, 0.1) is 6.61 Å². The zero-order valence-corrected chi connectivity index (χ0v) is 9.22. The summed E-state index contributed by atoms with van der Waals surface area (Å²) < 4.78 is 6.29. The summed E-state index contributed by atoms with van der Waals surface area (Å²) in [5, 5.41) is 18.7. The maximum Gasteiger partial charge on any atom is 0.330 e. The lowest BCUT2D eigenvalue weighted by Crippen LogP contribution is -2.40. The van der Waals surface area contributed by atoms with E-state index in [0.29, 0.717) is 0 Å². The molecule has 9 nitrogen and oxygen atoms in total. The number of aliphatic hydroxyl groups is 2. The van der Waals surface area contributed by atoms with Gasteiger partial charge in [-0.3, -0.25) is 19.2 Å². The van der Waals surface area contributed by atoms with Crippen LogP contribution in [0.4, 0.5) is 0 Å². The molecular formula is C9H13N3O6. The molecule has 9 heteroatoms. The maximum absolute atomic E-state index is 11.6. The van der Waals surface area contributed by atoms with Gasteiger partial charge < -0.3 is 14.9 Å². The Morgan fingerprint density at radius 1 is 1.56 bits per heavy atom. The molecule has 4 atom stereocenters. The van der Waals surface area contributed by atoms with Crippen LogP contribution in [0, 0.1) is 0 Å². The van der Waals surface area contributed by atoms with E-state index in [0.717, 1.165) is 10.6 Å². The third-order valence-electron chi connectivity index (χ3n) is 2.78. The molecule has 0 bridgehead atoms. The molecule has 100 valence electrons. The van der Waals surface area contributed by atoms with E-state index in [2.05, 4.69) is 4.84 Å². The third-order valence-corrected chi connectivity index (χ3v) is 2.78. The summed E-state index contributed by atoms with van der Waals surface area (Å²) in [5.41, 5.74) is -1.28. The number of hydrogen-bond acceptors (Lipinski definition) is 7. The molecule has 1 saturated heterocycles. The number of hydrogen-bond donors (Lipinski definition) is 4. The SMILES string of the molecule is NOC1C(O)C(CO)OC1n1ccc(=O)[nH]c1=O. The van der Waals surface area contributed by atoms with Gasteiger partial charge in [0, 0.05) is 12.3 Å². The standard InChI is InChI=1S/C9H13N3O6/c10-18-7-6(15)4(3-13)17-8(7)12-2-1-5(14)11-9(12)16/h1-2,4,6-8,13,15H,3,10H2,(H,11,14,16). The van der Waals surface area contributed by atoms with Gasteiger partial charge in [-0.15, -0.1) is 0 Å². The van der Waals surface area contributed by atoms with Crippen molar-refractivity contribution in [2.75, 3.05) is 6.61 Å². The van der Waals surface area contributed by atoms with Crippen molar-refractivity contribution in [3.63, 3.8) is 0 Å². The summed E-state index contributed by atoms with van der Waals surface area (Å²) >= 11 is 0. The lowest BCUT2D eigenvalue weighted by molar-refractivity contribution is -0.0756. The molecule has 0 spiro atoms. The number of H-pyrrole nitrogens is 1. The first-order valence-electron chi connectivity index (χ1n) is 5.20. The normalized spacial score (nSPS) is 31.7. The third kappa shape index (κ3) is 2.09. The summed E-state index contributed by atoms with van der Waals surface area (Å²) in [5.74, 6) is 5.04. The Bertz CT molecular complexity index is 526. The van der Waals surface area contributed by atoms with Crippen LogP contribution in [0.25, 0.3) is 0 Å². The van der Waals surface area contributed by atoms with Crippen molar-refractivity contribution in [3.8, 4) is 0 Å². The van der Waals surface area contributed by atoms with Gasteiger partial charge in [0.15, 0.2) is 12.3 Å². The molecule has 5 N–H and O–H groups in total. The van der Waals surface area contributed by atoms with Crippen LogP contribution in [0.1, 0.15) is 6.23 Å². The largest absolute Gasteiger partial charge is 0.394 e. The molecule has 2 rings (SSSR count). The molecule has 18 heavy (non-hydrogen) atoms. The van der Waals surface area contributed by atoms with E-state index in [9.17, 15) is 14.7 Å². The van der Waals surface area contributed by atoms with Crippen LogP contribution in [-0.2, 0) is 9.57 Å². The highest BCUT2D eigenvalue weighted by Gasteiger charge is 2.45. The Morgan fingerprint density at radius 2 is 2.28 bits per heavy atom. The summed E-state index contributed by atoms with van der Waals surface area (Å²) in [4.78, 5) is 29.1. The van der Waals surface area contributed by atoms with E-state index < -0.39 is 42.4 Å². The Balaban J connectivity index is 2.38. The second kappa shape index (κ2) is 5.00. The van der Waals surface area contributed by atoms with Crippen molar-refractivity contribution in [2.24, 2.45) is 5.90 Å². The smallest absolute Gasteiger partial charge is 0.330 e. The highest BCUT2D eigenvalue weighted by molar-refractivity contribution is 4.93. The first-order valence-corrected chi connectivity index (χ1v) is 5.20. The quantitative estimate of drug-likeness (QED) is 0.425. The lowest BCUT2D eigenvalue weighted by atomic mass is 10.1. The molecule has 1 aromatic rings. The van der Waals surface area contributed by atoms with Crippen LogP contribution in [0.3, 0.4) is 0 Å². The second-order valence-electron chi connectivity index (χ2n) is 3.86. The number of rotatable bonds is 3. The number of nitrogens with zero attached hydrogens (tertiary/aromatic N) is 1. The monoisotopic (exact) mass is 259 g/mol. The highest BCUT2D eigenvalue weighted by Crippen LogP contribution is 2.29. The zero-order chi connectivity index (χ0) is 13.3. The lowest BCUT2D eigenvalue weighted by Gasteiger charge is -2.19. The predicted molar refractivity (Wildman–Crippen MR) is 57.4 cm³/mol. The number of ether oxygens (including phenoxy) is 1. The van der Waals surface area contributed by atoms with Crippen LogP contribution < -0.4 is 17.1 Å².